The van der Waals surface area contributed by atoms with Crippen molar-refractivity contribution >= 4 is 108 Å². The number of rotatable bonds is 24. The van der Waals surface area contributed by atoms with Crippen molar-refractivity contribution in [2.75, 3.05) is 0 Å². The molecule has 9 aromatic carbocycles. The molecule has 1 aliphatic carbocycles. The van der Waals surface area contributed by atoms with Crippen LogP contribution in [0.4, 0.5) is 0 Å². The van der Waals surface area contributed by atoms with Gasteiger partial charge in [-0.15, -0.1) is 0 Å². The zero-order valence-electron chi connectivity index (χ0n) is 58.2. The summed E-state index contributed by atoms with van der Waals surface area (Å²) in [5.41, 5.74) is 13.5. The van der Waals surface area contributed by atoms with Crippen LogP contribution < -0.4 is 0 Å². The molecule has 0 bridgehead atoms. The highest BCUT2D eigenvalue weighted by Crippen LogP contribution is 2.36. The molecule has 100 heavy (non-hydrogen) atoms. The summed E-state index contributed by atoms with van der Waals surface area (Å²) in [6.07, 6.45) is 11.4. The number of fused-ring (bicyclic) bond motifs is 6. The number of Topliss-reactive ketones (excluding diaryl/α,β-unsaturated/α-hetero) is 1. The first-order valence-corrected chi connectivity index (χ1v) is 35.4. The number of unbranched alkanes of at least 4 members (excludes halogenated alkanes) is 3. The lowest BCUT2D eigenvalue weighted by Crippen LogP contribution is -2.16. The predicted molar refractivity (Wildman–Crippen MR) is 402 cm³/mol. The first-order valence-electron chi connectivity index (χ1n) is 34.5. The Morgan fingerprint density at radius 3 is 1.40 bits per heavy atom. The van der Waals surface area contributed by atoms with Crippen LogP contribution in [-0.4, -0.2) is 61.5 Å². The Kier molecular flexibility index (Phi) is 25.0. The van der Waals surface area contributed by atoms with E-state index < -0.39 is 17.9 Å². The molecule has 0 amide bonds. The fraction of sp³-hybridized carbons (Fsp3) is 0.259. The van der Waals surface area contributed by atoms with Gasteiger partial charge in [0, 0.05) is 114 Å². The van der Waals surface area contributed by atoms with Crippen molar-refractivity contribution in [1.29, 1.82) is 0 Å². The third-order valence-electron chi connectivity index (χ3n) is 18.1. The summed E-state index contributed by atoms with van der Waals surface area (Å²) in [6, 6.07) is 65.8. The normalized spacial score (nSPS) is 12.6. The van der Waals surface area contributed by atoms with Gasteiger partial charge in [-0.05, 0) is 192 Å². The third kappa shape index (κ3) is 18.0. The molecule has 0 N–H and O–H groups in total. The first kappa shape index (κ1) is 72.1. The highest BCUT2D eigenvalue weighted by molar-refractivity contribution is 7.99. The highest BCUT2D eigenvalue weighted by Gasteiger charge is 2.22. The van der Waals surface area contributed by atoms with Crippen LogP contribution in [-0.2, 0) is 37.2 Å². The molecule has 510 valence electrons. The summed E-state index contributed by atoms with van der Waals surface area (Å²) >= 11 is 1.64. The van der Waals surface area contributed by atoms with E-state index in [1.54, 1.807) is 55.1 Å². The van der Waals surface area contributed by atoms with E-state index in [0.717, 1.165) is 139 Å². The van der Waals surface area contributed by atoms with Gasteiger partial charge in [0.15, 0.2) is 11.6 Å². The molecule has 11 aromatic rings. The van der Waals surface area contributed by atoms with Crippen molar-refractivity contribution in [2.45, 2.75) is 149 Å². The topological polar surface area (TPSA) is 177 Å². The minimum Gasteiger partial charge on any atom is -0.341 e. The lowest BCUT2D eigenvalue weighted by molar-refractivity contribution is -0.141. The number of aryl methyl sites for hydroxylation is 4. The number of oxime groups is 3. The Labute approximate surface area is 589 Å². The average Bonchev–Trinajstić information content (AvgIpc) is 1.61. The predicted octanol–water partition coefficient (Wildman–Crippen LogP) is 20.4. The molecule has 1 saturated carbocycles. The van der Waals surface area contributed by atoms with Crippen LogP contribution in [0.1, 0.15) is 187 Å². The van der Waals surface area contributed by atoms with Crippen LogP contribution >= 0.6 is 11.8 Å². The molecule has 0 saturated heterocycles. The highest BCUT2D eigenvalue weighted by atomic mass is 32.2. The van der Waals surface area contributed by atoms with Crippen LogP contribution in [0.15, 0.2) is 232 Å². The fourth-order valence-corrected chi connectivity index (χ4v) is 13.7. The maximum Gasteiger partial charge on any atom is 0.365 e. The summed E-state index contributed by atoms with van der Waals surface area (Å²) in [4.78, 5) is 91.8. The minimum absolute atomic E-state index is 0.0150. The maximum absolute atomic E-state index is 13.4. The number of hydrogen-bond acceptors (Lipinski definition) is 13. The van der Waals surface area contributed by atoms with E-state index in [1.165, 1.54) is 39.5 Å². The largest absolute Gasteiger partial charge is 0.365 e. The van der Waals surface area contributed by atoms with Crippen molar-refractivity contribution < 1.29 is 43.3 Å². The second-order valence-electron chi connectivity index (χ2n) is 25.1. The van der Waals surface area contributed by atoms with Crippen LogP contribution in [0.25, 0.3) is 43.6 Å². The molecule has 0 spiro atoms. The van der Waals surface area contributed by atoms with Crippen molar-refractivity contribution in [3.63, 3.8) is 0 Å². The van der Waals surface area contributed by atoms with E-state index >= 15 is 0 Å². The van der Waals surface area contributed by atoms with Gasteiger partial charge in [-0.25, -0.2) is 14.4 Å². The summed E-state index contributed by atoms with van der Waals surface area (Å²) in [7, 11) is 0. The van der Waals surface area contributed by atoms with Gasteiger partial charge in [-0.2, -0.15) is 0 Å². The van der Waals surface area contributed by atoms with Gasteiger partial charge in [-0.3, -0.25) is 14.4 Å². The molecule has 0 atom stereocenters. The quantitative estimate of drug-likeness (QED) is 0.0186. The Morgan fingerprint density at radius 2 is 0.890 bits per heavy atom. The van der Waals surface area contributed by atoms with Crippen LogP contribution in [0.2, 0.25) is 0 Å². The number of nitrogens with zero attached hydrogens (tertiary/aromatic N) is 5. The van der Waals surface area contributed by atoms with Gasteiger partial charge in [0.1, 0.15) is 5.71 Å². The summed E-state index contributed by atoms with van der Waals surface area (Å²) in [5.74, 6) is -0.895. The molecule has 15 heteroatoms. The monoisotopic (exact) mass is 1350 g/mol. The number of carbonyl (C=O) groups excluding carboxylic acids is 6. The van der Waals surface area contributed by atoms with Gasteiger partial charge in [0.2, 0.25) is 5.78 Å². The fourth-order valence-electron chi connectivity index (χ4n) is 12.8. The van der Waals surface area contributed by atoms with Crippen molar-refractivity contribution in [2.24, 2.45) is 21.4 Å². The Bertz CT molecular complexity index is 4870. The van der Waals surface area contributed by atoms with Gasteiger partial charge in [0.25, 0.3) is 0 Å². The Morgan fingerprint density at radius 1 is 0.440 bits per heavy atom. The molecule has 1 fully saturated rings. The molecule has 14 nitrogen and oxygen atoms in total. The van der Waals surface area contributed by atoms with E-state index in [0.29, 0.717) is 45.9 Å². The Balaban J connectivity index is 0.000000163. The van der Waals surface area contributed by atoms with Gasteiger partial charge >= 0.3 is 17.9 Å². The van der Waals surface area contributed by atoms with Crippen LogP contribution in [0.5, 0.6) is 0 Å². The smallest absolute Gasteiger partial charge is 0.341 e. The first-order chi connectivity index (χ1) is 48.5. The second kappa shape index (κ2) is 34.7. The number of hydrogen-bond donors (Lipinski definition) is 0. The molecular formula is C85H85N5O9S. The van der Waals surface area contributed by atoms with Crippen molar-refractivity contribution in [3.8, 4) is 0 Å². The molecule has 0 unspecified atom stereocenters. The van der Waals surface area contributed by atoms with E-state index in [9.17, 15) is 28.8 Å². The van der Waals surface area contributed by atoms with E-state index in [2.05, 4.69) is 69.6 Å². The SMILES string of the molecule is CCCCCC/C(=N/OC(=O)c1ccccc1)C(=O)c1ccc(Sc2ccccc2)cc1.CCn1c2ccc(C(=O)c3ccccc3C)cc2c2cc(/C(C)=N/OC(C)=O)ccc21.CCn1c2ccc(C(=O)c3ccccc3C)cc2c2cc(/C(CCC3CCCC3)=N/OC(C)=O)ccc21. The molecule has 0 radical (unpaired) electrons. The van der Waals surface area contributed by atoms with E-state index in [4.69, 9.17) is 14.5 Å². The summed E-state index contributed by atoms with van der Waals surface area (Å²) in [5, 5.41) is 16.3. The van der Waals surface area contributed by atoms with Gasteiger partial charge in [0.05, 0.1) is 17.0 Å². The Hall–Kier alpha value is -10.6. The number of benzene rings is 9. The lowest BCUT2D eigenvalue weighted by atomic mass is 9.95. The standard InChI is InChI=1S/C32H34N2O3.C27H27NO3S.C26H24N2O3/c1-4-34-30-17-14-24(29(33-37-22(3)35)16-13-23-10-6-7-11-23)19-27(30)28-20-25(15-18-31(28)34)32(36)26-12-8-5-9-21(26)2;1-2-3-4-11-16-25(28-31-27(30)22-12-7-5-8-13-22)26(29)21-17-19-24(20-18-21)32-23-14-9-6-10-15-23;1-5-28-24-12-10-19(17(3)27-31-18(4)29)14-22(24)23-15-20(11-13-25(23)28)26(30)21-9-7-6-8-16(21)2/h5,8-9,12,14-15,17-20,23H,4,6-7,10-11,13,16H2,1-3H3;5-10,12-15,17-20H,2-4,11,16H2,1H3;6-15H,5H2,1-4H3/b33-29+;28-25-;27-17+. The van der Waals surface area contributed by atoms with Crippen LogP contribution in [0, 0.1) is 19.8 Å². The zero-order valence-corrected chi connectivity index (χ0v) is 59.0. The number of carbonyl (C=O) groups is 6. The van der Waals surface area contributed by atoms with Crippen molar-refractivity contribution in [1.82, 2.24) is 9.13 Å². The summed E-state index contributed by atoms with van der Waals surface area (Å²) < 4.78 is 4.51. The minimum atomic E-state index is -0.570. The average molecular weight is 1350 g/mol. The second-order valence-corrected chi connectivity index (χ2v) is 26.3. The molecule has 1 aliphatic rings. The number of ketones is 3. The van der Waals surface area contributed by atoms with E-state index in [1.807, 2.05) is 159 Å². The van der Waals surface area contributed by atoms with E-state index in [-0.39, 0.29) is 23.1 Å². The maximum atomic E-state index is 13.4. The molecule has 12 rings (SSSR count). The summed E-state index contributed by atoms with van der Waals surface area (Å²) in [6.45, 7) is 16.4. The van der Waals surface area contributed by atoms with Gasteiger partial charge in [-0.1, -0.05) is 176 Å². The molecule has 2 heterocycles. The van der Waals surface area contributed by atoms with Crippen LogP contribution in [0.3, 0.4) is 0 Å². The third-order valence-corrected chi connectivity index (χ3v) is 19.2. The van der Waals surface area contributed by atoms with Crippen molar-refractivity contribution in [3.05, 3.63) is 262 Å². The van der Waals surface area contributed by atoms with Gasteiger partial charge < -0.3 is 23.6 Å². The molecular weight excluding hydrogens is 1270 g/mol. The zero-order chi connectivity index (χ0) is 70.7. The number of aromatic nitrogens is 2. The lowest BCUT2D eigenvalue weighted by Gasteiger charge is -2.11. The molecule has 2 aromatic heterocycles. The molecule has 0 aliphatic heterocycles.